The maximum Gasteiger partial charge on any atom is 0.407 e. The molecule has 1 amide bonds. The van der Waals surface area contributed by atoms with Gasteiger partial charge in [0.1, 0.15) is 11.4 Å². The summed E-state index contributed by atoms with van der Waals surface area (Å²) in [6, 6.07) is 0.124. The number of Topliss-reactive ketones (excluding diaryl/α,β-unsaturated/α-hetero) is 1. The molecule has 0 aliphatic heterocycles. The van der Waals surface area contributed by atoms with Gasteiger partial charge in [-0.05, 0) is 40.0 Å². The molecule has 2 saturated carbocycles. The second-order valence-corrected chi connectivity index (χ2v) is 5.95. The Balaban J connectivity index is 1.73. The first-order chi connectivity index (χ1) is 7.31. The van der Waals surface area contributed by atoms with Crippen LogP contribution in [0.15, 0.2) is 0 Å². The van der Waals surface area contributed by atoms with Crippen molar-refractivity contribution in [3.05, 3.63) is 0 Å². The third-order valence-corrected chi connectivity index (χ3v) is 3.42. The first kappa shape index (κ1) is 11.4. The third-order valence-electron chi connectivity index (χ3n) is 3.42. The molecule has 2 aliphatic carbocycles. The molecule has 0 radical (unpaired) electrons. The number of nitrogens with one attached hydrogen (secondary N) is 1. The van der Waals surface area contributed by atoms with Gasteiger partial charge in [-0.25, -0.2) is 4.79 Å². The van der Waals surface area contributed by atoms with Gasteiger partial charge < -0.3 is 10.1 Å². The number of hydrogen-bond donors (Lipinski definition) is 1. The lowest BCUT2D eigenvalue weighted by molar-refractivity contribution is -0.147. The van der Waals surface area contributed by atoms with Crippen molar-refractivity contribution in [3.8, 4) is 0 Å². The lowest BCUT2D eigenvalue weighted by Gasteiger charge is -2.52. The fourth-order valence-electron chi connectivity index (χ4n) is 2.47. The second-order valence-electron chi connectivity index (χ2n) is 5.95. The molecular weight excluding hydrogens is 206 g/mol. The van der Waals surface area contributed by atoms with Gasteiger partial charge in [-0.15, -0.1) is 0 Å². The van der Waals surface area contributed by atoms with E-state index in [1.807, 2.05) is 20.8 Å². The summed E-state index contributed by atoms with van der Waals surface area (Å²) in [6.07, 6.45) is 2.94. The molecule has 0 unspecified atom stereocenters. The molecule has 0 aromatic rings. The lowest BCUT2D eigenvalue weighted by atomic mass is 9.53. The number of rotatable bonds is 1. The van der Waals surface area contributed by atoms with Crippen molar-refractivity contribution in [2.24, 2.45) is 5.41 Å². The van der Waals surface area contributed by atoms with E-state index >= 15 is 0 Å². The quantitative estimate of drug-likeness (QED) is 0.742. The summed E-state index contributed by atoms with van der Waals surface area (Å²) in [5.41, 5.74) is -0.530. The predicted octanol–water partition coefficient (Wildman–Crippen LogP) is 2.02. The average molecular weight is 225 g/mol. The summed E-state index contributed by atoms with van der Waals surface area (Å²) in [7, 11) is 0. The number of carbonyl (C=O) groups excluding carboxylic acids is 2. The predicted molar refractivity (Wildman–Crippen MR) is 59.1 cm³/mol. The summed E-state index contributed by atoms with van der Waals surface area (Å²) in [5, 5.41) is 2.80. The van der Waals surface area contributed by atoms with Crippen LogP contribution in [0.2, 0.25) is 0 Å². The second kappa shape index (κ2) is 3.47. The Bertz CT molecular complexity index is 324. The van der Waals surface area contributed by atoms with E-state index in [0.717, 1.165) is 25.7 Å². The van der Waals surface area contributed by atoms with Crippen LogP contribution in [-0.2, 0) is 9.53 Å². The van der Waals surface area contributed by atoms with Crippen LogP contribution in [0.3, 0.4) is 0 Å². The molecule has 0 bridgehead atoms. The average Bonchev–Trinajstić information content (AvgIpc) is 2.04. The molecule has 2 rings (SSSR count). The zero-order valence-corrected chi connectivity index (χ0v) is 10.1. The van der Waals surface area contributed by atoms with Crippen LogP contribution in [-0.4, -0.2) is 23.5 Å². The molecule has 0 aromatic heterocycles. The molecule has 16 heavy (non-hydrogen) atoms. The summed E-state index contributed by atoms with van der Waals surface area (Å²) in [4.78, 5) is 22.8. The minimum atomic E-state index is -0.461. The Morgan fingerprint density at radius 3 is 2.44 bits per heavy atom. The van der Waals surface area contributed by atoms with Gasteiger partial charge in [0.2, 0.25) is 0 Å². The zero-order chi connectivity index (χ0) is 12.0. The highest BCUT2D eigenvalue weighted by molar-refractivity contribution is 5.91. The van der Waals surface area contributed by atoms with E-state index in [1.54, 1.807) is 0 Å². The van der Waals surface area contributed by atoms with Crippen LogP contribution in [0.25, 0.3) is 0 Å². The monoisotopic (exact) mass is 225 g/mol. The fourth-order valence-corrected chi connectivity index (χ4v) is 2.47. The number of amides is 1. The largest absolute Gasteiger partial charge is 0.444 e. The van der Waals surface area contributed by atoms with Crippen molar-refractivity contribution >= 4 is 11.9 Å². The number of ketones is 1. The Hall–Kier alpha value is -1.06. The Kier molecular flexibility index (Phi) is 2.48. The van der Waals surface area contributed by atoms with E-state index < -0.39 is 5.60 Å². The first-order valence-electron chi connectivity index (χ1n) is 5.84. The van der Waals surface area contributed by atoms with Crippen LogP contribution >= 0.6 is 0 Å². The summed E-state index contributed by atoms with van der Waals surface area (Å²) in [5.74, 6) is 0.370. The van der Waals surface area contributed by atoms with Gasteiger partial charge in [0.25, 0.3) is 0 Å². The minimum absolute atomic E-state index is 0.0698. The normalized spacial score (nSPS) is 32.9. The van der Waals surface area contributed by atoms with Gasteiger partial charge in [0, 0.05) is 17.9 Å². The highest BCUT2D eigenvalue weighted by atomic mass is 16.6. The summed E-state index contributed by atoms with van der Waals surface area (Å²) in [6.45, 7) is 5.51. The molecule has 0 heterocycles. The topological polar surface area (TPSA) is 55.4 Å². The molecule has 90 valence electrons. The molecule has 4 heteroatoms. The van der Waals surface area contributed by atoms with Crippen molar-refractivity contribution in [1.82, 2.24) is 5.32 Å². The summed E-state index contributed by atoms with van der Waals surface area (Å²) >= 11 is 0. The van der Waals surface area contributed by atoms with Crippen molar-refractivity contribution in [1.29, 1.82) is 0 Å². The van der Waals surface area contributed by atoms with Crippen molar-refractivity contribution in [2.45, 2.75) is 58.1 Å². The molecular formula is C12H19NO3. The van der Waals surface area contributed by atoms with E-state index in [2.05, 4.69) is 5.32 Å². The van der Waals surface area contributed by atoms with Crippen LogP contribution in [0.5, 0.6) is 0 Å². The van der Waals surface area contributed by atoms with Crippen molar-refractivity contribution in [3.63, 3.8) is 0 Å². The number of alkyl carbamates (subject to hydrolysis) is 1. The maximum atomic E-state index is 11.4. The molecule has 0 atom stereocenters. The SMILES string of the molecule is CC(C)(C)OC(=O)NC1CC2(CCC2=O)C1. The van der Waals surface area contributed by atoms with Gasteiger partial charge in [-0.1, -0.05) is 0 Å². The van der Waals surface area contributed by atoms with E-state index in [4.69, 9.17) is 4.74 Å². The van der Waals surface area contributed by atoms with Crippen LogP contribution in [0, 0.1) is 5.41 Å². The molecule has 1 spiro atoms. The van der Waals surface area contributed by atoms with E-state index in [-0.39, 0.29) is 17.6 Å². The smallest absolute Gasteiger partial charge is 0.407 e. The van der Waals surface area contributed by atoms with Crippen LogP contribution in [0.4, 0.5) is 4.79 Å². The first-order valence-corrected chi connectivity index (χ1v) is 5.84. The van der Waals surface area contributed by atoms with Crippen molar-refractivity contribution < 1.29 is 14.3 Å². The minimum Gasteiger partial charge on any atom is -0.444 e. The molecule has 0 aromatic carbocycles. The van der Waals surface area contributed by atoms with Gasteiger partial charge in [-0.3, -0.25) is 4.79 Å². The van der Waals surface area contributed by atoms with Crippen molar-refractivity contribution in [2.75, 3.05) is 0 Å². The van der Waals surface area contributed by atoms with Gasteiger partial charge in [-0.2, -0.15) is 0 Å². The van der Waals surface area contributed by atoms with Crippen LogP contribution < -0.4 is 5.32 Å². The number of ether oxygens (including phenoxy) is 1. The van der Waals surface area contributed by atoms with Gasteiger partial charge in [0.05, 0.1) is 0 Å². The highest BCUT2D eigenvalue weighted by Gasteiger charge is 2.55. The zero-order valence-electron chi connectivity index (χ0n) is 10.1. The molecule has 0 saturated heterocycles. The lowest BCUT2D eigenvalue weighted by Crippen LogP contribution is -2.58. The molecule has 2 fully saturated rings. The summed E-state index contributed by atoms with van der Waals surface area (Å²) < 4.78 is 5.16. The highest BCUT2D eigenvalue weighted by Crippen LogP contribution is 2.53. The van der Waals surface area contributed by atoms with Gasteiger partial charge >= 0.3 is 6.09 Å². The molecule has 4 nitrogen and oxygen atoms in total. The van der Waals surface area contributed by atoms with E-state index in [9.17, 15) is 9.59 Å². The van der Waals surface area contributed by atoms with Crippen LogP contribution in [0.1, 0.15) is 46.5 Å². The Morgan fingerprint density at radius 2 is 2.06 bits per heavy atom. The molecule has 2 aliphatic rings. The molecule has 1 N–H and O–H groups in total. The van der Waals surface area contributed by atoms with Gasteiger partial charge in [0.15, 0.2) is 0 Å². The number of hydrogen-bond acceptors (Lipinski definition) is 3. The standard InChI is InChI=1S/C12H19NO3/c1-11(2,3)16-10(15)13-8-6-12(7-8)5-4-9(12)14/h8H,4-7H2,1-3H3,(H,13,15). The number of carbonyl (C=O) groups is 2. The van der Waals surface area contributed by atoms with E-state index in [1.165, 1.54) is 0 Å². The third kappa shape index (κ3) is 2.06. The van der Waals surface area contributed by atoms with E-state index in [0.29, 0.717) is 5.78 Å². The Morgan fingerprint density at radius 1 is 1.44 bits per heavy atom. The fraction of sp³-hybridized carbons (Fsp3) is 0.833. The Labute approximate surface area is 95.7 Å². The maximum absolute atomic E-state index is 11.4.